The van der Waals surface area contributed by atoms with Crippen LogP contribution in [0.5, 0.6) is 0 Å². The smallest absolute Gasteiger partial charge is 0.274 e. The Kier molecular flexibility index (Phi) is 3.67. The van der Waals surface area contributed by atoms with Crippen LogP contribution in [-0.4, -0.2) is 46.3 Å². The number of carbonyl (C=O) groups is 1. The van der Waals surface area contributed by atoms with E-state index in [4.69, 9.17) is 0 Å². The molecule has 1 saturated heterocycles. The van der Waals surface area contributed by atoms with Gasteiger partial charge < -0.3 is 10.2 Å². The highest BCUT2D eigenvalue weighted by atomic mass is 16.2. The van der Waals surface area contributed by atoms with E-state index < -0.39 is 0 Å². The first-order valence-corrected chi connectivity index (χ1v) is 6.89. The summed E-state index contributed by atoms with van der Waals surface area (Å²) in [6.07, 6.45) is 0. The summed E-state index contributed by atoms with van der Waals surface area (Å²) in [7, 11) is 0. The van der Waals surface area contributed by atoms with E-state index >= 15 is 0 Å². The minimum absolute atomic E-state index is 0.0412. The molecule has 5 heteroatoms. The van der Waals surface area contributed by atoms with Crippen molar-refractivity contribution in [3.05, 3.63) is 17.5 Å². The van der Waals surface area contributed by atoms with E-state index in [1.807, 2.05) is 22.6 Å². The van der Waals surface area contributed by atoms with Crippen molar-refractivity contribution in [1.82, 2.24) is 20.0 Å². The van der Waals surface area contributed by atoms with Gasteiger partial charge in [0.25, 0.3) is 5.91 Å². The Hall–Kier alpha value is -1.36. The molecule has 1 amide bonds. The highest BCUT2D eigenvalue weighted by Gasteiger charge is 2.25. The Morgan fingerprint density at radius 3 is 2.68 bits per heavy atom. The number of hydrogen-bond acceptors (Lipinski definition) is 3. The zero-order valence-corrected chi connectivity index (χ0v) is 12.5. The van der Waals surface area contributed by atoms with Crippen molar-refractivity contribution < 1.29 is 4.79 Å². The molecule has 0 spiro atoms. The van der Waals surface area contributed by atoms with E-state index in [0.29, 0.717) is 11.7 Å². The number of piperazine rings is 1. The van der Waals surface area contributed by atoms with Crippen LogP contribution in [0, 0.1) is 6.92 Å². The summed E-state index contributed by atoms with van der Waals surface area (Å²) >= 11 is 0. The Labute approximate surface area is 115 Å². The van der Waals surface area contributed by atoms with Gasteiger partial charge in [-0.3, -0.25) is 9.48 Å². The van der Waals surface area contributed by atoms with Gasteiger partial charge in [-0.2, -0.15) is 5.10 Å². The van der Waals surface area contributed by atoms with Crippen LogP contribution in [0.1, 0.15) is 43.9 Å². The molecule has 0 aliphatic carbocycles. The van der Waals surface area contributed by atoms with Gasteiger partial charge in [-0.05, 0) is 40.7 Å². The first kappa shape index (κ1) is 14.1. The maximum absolute atomic E-state index is 12.5. The number of aryl methyl sites for hydroxylation is 1. The standard InChI is InChI=1S/C14H24N4O/c1-10-9-17(7-6-15-10)13(19)12-8-11(2)18(16-12)14(3,4)5/h8,10,15H,6-7,9H2,1-5H3. The lowest BCUT2D eigenvalue weighted by Crippen LogP contribution is -2.51. The molecule has 1 atom stereocenters. The van der Waals surface area contributed by atoms with Crippen LogP contribution in [0.25, 0.3) is 0 Å². The summed E-state index contributed by atoms with van der Waals surface area (Å²) in [4.78, 5) is 14.3. The molecule has 1 N–H and O–H groups in total. The summed E-state index contributed by atoms with van der Waals surface area (Å²) in [5.74, 6) is 0.0412. The molecule has 2 rings (SSSR count). The summed E-state index contributed by atoms with van der Waals surface area (Å²) in [5, 5.41) is 7.83. The molecular weight excluding hydrogens is 240 g/mol. The predicted molar refractivity (Wildman–Crippen MR) is 75.3 cm³/mol. The molecule has 0 saturated carbocycles. The van der Waals surface area contributed by atoms with Crippen molar-refractivity contribution in [1.29, 1.82) is 0 Å². The van der Waals surface area contributed by atoms with Gasteiger partial charge in [-0.1, -0.05) is 0 Å². The van der Waals surface area contributed by atoms with E-state index in [9.17, 15) is 4.79 Å². The quantitative estimate of drug-likeness (QED) is 0.833. The largest absolute Gasteiger partial charge is 0.334 e. The van der Waals surface area contributed by atoms with Gasteiger partial charge in [0.05, 0.1) is 5.54 Å². The SMILES string of the molecule is Cc1cc(C(=O)N2CCNC(C)C2)nn1C(C)(C)C. The van der Waals surface area contributed by atoms with E-state index in [-0.39, 0.29) is 11.4 Å². The van der Waals surface area contributed by atoms with Gasteiger partial charge in [0.1, 0.15) is 0 Å². The third-order valence-corrected chi connectivity index (χ3v) is 3.40. The number of aromatic nitrogens is 2. The summed E-state index contributed by atoms with van der Waals surface area (Å²) in [5.41, 5.74) is 1.49. The van der Waals surface area contributed by atoms with Crippen molar-refractivity contribution >= 4 is 5.91 Å². The average Bonchev–Trinajstić information content (AvgIpc) is 2.70. The van der Waals surface area contributed by atoms with Crippen LogP contribution in [0.15, 0.2) is 6.07 Å². The maximum Gasteiger partial charge on any atom is 0.274 e. The molecule has 1 aromatic rings. The molecule has 106 valence electrons. The molecule has 1 aromatic heterocycles. The second-order valence-corrected chi connectivity index (χ2v) is 6.36. The lowest BCUT2D eigenvalue weighted by Gasteiger charge is -2.31. The third-order valence-electron chi connectivity index (χ3n) is 3.40. The minimum atomic E-state index is -0.0979. The van der Waals surface area contributed by atoms with Gasteiger partial charge in [0, 0.05) is 31.4 Å². The second kappa shape index (κ2) is 4.96. The molecule has 1 aliphatic rings. The fourth-order valence-electron chi connectivity index (χ4n) is 2.54. The highest BCUT2D eigenvalue weighted by molar-refractivity contribution is 5.92. The molecule has 19 heavy (non-hydrogen) atoms. The molecule has 1 fully saturated rings. The van der Waals surface area contributed by atoms with Gasteiger partial charge >= 0.3 is 0 Å². The van der Waals surface area contributed by atoms with Crippen LogP contribution < -0.4 is 5.32 Å². The van der Waals surface area contributed by atoms with Gasteiger partial charge in [0.2, 0.25) is 0 Å². The lowest BCUT2D eigenvalue weighted by molar-refractivity contribution is 0.0701. The highest BCUT2D eigenvalue weighted by Crippen LogP contribution is 2.18. The van der Waals surface area contributed by atoms with Crippen LogP contribution in [-0.2, 0) is 5.54 Å². The Bertz CT molecular complexity index is 472. The first-order chi connectivity index (χ1) is 8.79. The summed E-state index contributed by atoms with van der Waals surface area (Å²) in [6.45, 7) is 12.7. The normalized spacial score (nSPS) is 20.7. The van der Waals surface area contributed by atoms with Crippen molar-refractivity contribution in [2.45, 2.75) is 46.2 Å². The number of nitrogens with one attached hydrogen (secondary N) is 1. The fraction of sp³-hybridized carbons (Fsp3) is 0.714. The first-order valence-electron chi connectivity index (χ1n) is 6.89. The Morgan fingerprint density at radius 1 is 1.47 bits per heavy atom. The number of carbonyl (C=O) groups excluding carboxylic acids is 1. The van der Waals surface area contributed by atoms with Gasteiger partial charge in [-0.25, -0.2) is 0 Å². The molecule has 0 aromatic carbocycles. The van der Waals surface area contributed by atoms with Crippen molar-refractivity contribution in [3.8, 4) is 0 Å². The number of rotatable bonds is 1. The van der Waals surface area contributed by atoms with E-state index in [1.54, 1.807) is 0 Å². The summed E-state index contributed by atoms with van der Waals surface area (Å²) < 4.78 is 1.92. The zero-order chi connectivity index (χ0) is 14.2. The average molecular weight is 264 g/mol. The summed E-state index contributed by atoms with van der Waals surface area (Å²) in [6, 6.07) is 2.24. The van der Waals surface area contributed by atoms with Crippen molar-refractivity contribution in [3.63, 3.8) is 0 Å². The fourth-order valence-corrected chi connectivity index (χ4v) is 2.54. The van der Waals surface area contributed by atoms with E-state index in [2.05, 4.69) is 38.1 Å². The van der Waals surface area contributed by atoms with Crippen LogP contribution >= 0.6 is 0 Å². The molecule has 1 unspecified atom stereocenters. The minimum Gasteiger partial charge on any atom is -0.334 e. The second-order valence-electron chi connectivity index (χ2n) is 6.36. The van der Waals surface area contributed by atoms with Crippen LogP contribution in [0.2, 0.25) is 0 Å². The molecule has 5 nitrogen and oxygen atoms in total. The Balaban J connectivity index is 2.20. The molecule has 0 radical (unpaired) electrons. The van der Waals surface area contributed by atoms with Crippen LogP contribution in [0.3, 0.4) is 0 Å². The molecule has 2 heterocycles. The van der Waals surface area contributed by atoms with Gasteiger partial charge in [0.15, 0.2) is 5.69 Å². The predicted octanol–water partition coefficient (Wildman–Crippen LogP) is 1.38. The molecule has 1 aliphatic heterocycles. The third kappa shape index (κ3) is 2.97. The molecular formula is C14H24N4O. The topological polar surface area (TPSA) is 50.2 Å². The van der Waals surface area contributed by atoms with Crippen LogP contribution in [0.4, 0.5) is 0 Å². The Morgan fingerprint density at radius 2 is 2.16 bits per heavy atom. The van der Waals surface area contributed by atoms with Crippen molar-refractivity contribution in [2.75, 3.05) is 19.6 Å². The molecule has 0 bridgehead atoms. The monoisotopic (exact) mass is 264 g/mol. The van der Waals surface area contributed by atoms with E-state index in [0.717, 1.165) is 25.3 Å². The van der Waals surface area contributed by atoms with Crippen molar-refractivity contribution in [2.24, 2.45) is 0 Å². The lowest BCUT2D eigenvalue weighted by atomic mass is 10.1. The number of nitrogens with zero attached hydrogens (tertiary/aromatic N) is 3. The number of hydrogen-bond donors (Lipinski definition) is 1. The maximum atomic E-state index is 12.5. The zero-order valence-electron chi connectivity index (χ0n) is 12.5. The number of amides is 1. The van der Waals surface area contributed by atoms with Gasteiger partial charge in [-0.15, -0.1) is 0 Å². The van der Waals surface area contributed by atoms with E-state index in [1.165, 1.54) is 0 Å².